The smallest absolute Gasteiger partial charge is 0.0678 e. The average Bonchev–Trinajstić information content (AvgIpc) is 3.13. The van der Waals surface area contributed by atoms with Gasteiger partial charge in [-0.05, 0) is 50.4 Å². The van der Waals surface area contributed by atoms with E-state index < -0.39 is 0 Å². The molecule has 2 aliphatic rings. The van der Waals surface area contributed by atoms with E-state index in [1.165, 1.54) is 16.7 Å². The molecule has 1 aliphatic heterocycles. The lowest BCUT2D eigenvalue weighted by Crippen LogP contribution is -2.47. The highest BCUT2D eigenvalue weighted by molar-refractivity contribution is 5.42. The van der Waals surface area contributed by atoms with Crippen molar-refractivity contribution in [1.29, 1.82) is 0 Å². The lowest BCUT2D eigenvalue weighted by Gasteiger charge is -2.42. The minimum Gasteiger partial charge on any atom is -0.392 e. The number of benzene rings is 1. The largest absolute Gasteiger partial charge is 0.392 e. The molecule has 122 valence electrons. The molecule has 1 spiro atoms. The highest BCUT2D eigenvalue weighted by Crippen LogP contribution is 2.46. The fourth-order valence-electron chi connectivity index (χ4n) is 4.40. The number of hydrogen-bond acceptors (Lipinski definition) is 3. The molecule has 1 aromatic carbocycles. The van der Waals surface area contributed by atoms with Crippen molar-refractivity contribution in [2.24, 2.45) is 0 Å². The van der Waals surface area contributed by atoms with Crippen LogP contribution in [0.4, 0.5) is 0 Å². The summed E-state index contributed by atoms with van der Waals surface area (Å²) in [6.45, 7) is 6.09. The van der Waals surface area contributed by atoms with E-state index in [0.29, 0.717) is 0 Å². The fraction of sp³-hybridized carbons (Fsp3) is 0.526. The minimum absolute atomic E-state index is 0.0132. The Bertz CT molecular complexity index is 685. The van der Waals surface area contributed by atoms with Crippen molar-refractivity contribution in [1.82, 2.24) is 14.7 Å². The highest BCUT2D eigenvalue weighted by atomic mass is 16.3. The Hall–Kier alpha value is -1.65. The molecular formula is C19H25N3O. The molecule has 1 fully saturated rings. The first kappa shape index (κ1) is 14.9. The van der Waals surface area contributed by atoms with E-state index in [9.17, 15) is 5.11 Å². The van der Waals surface area contributed by atoms with Crippen LogP contribution in [0.3, 0.4) is 0 Å². The quantitative estimate of drug-likeness (QED) is 0.946. The fourth-order valence-corrected chi connectivity index (χ4v) is 4.40. The molecule has 0 bridgehead atoms. The van der Waals surface area contributed by atoms with Crippen LogP contribution >= 0.6 is 0 Å². The summed E-state index contributed by atoms with van der Waals surface area (Å²) in [5, 5.41) is 15.1. The van der Waals surface area contributed by atoms with E-state index in [2.05, 4.69) is 47.4 Å². The van der Waals surface area contributed by atoms with Crippen LogP contribution in [0.25, 0.3) is 0 Å². The number of piperidine rings is 1. The molecule has 1 aromatic heterocycles. The summed E-state index contributed by atoms with van der Waals surface area (Å²) >= 11 is 0. The van der Waals surface area contributed by atoms with Gasteiger partial charge in [-0.25, -0.2) is 0 Å². The van der Waals surface area contributed by atoms with Gasteiger partial charge in [0, 0.05) is 30.3 Å². The van der Waals surface area contributed by atoms with E-state index >= 15 is 0 Å². The van der Waals surface area contributed by atoms with Crippen LogP contribution in [0.5, 0.6) is 0 Å². The van der Waals surface area contributed by atoms with Gasteiger partial charge in [-0.2, -0.15) is 5.10 Å². The molecule has 0 amide bonds. The molecule has 23 heavy (non-hydrogen) atoms. The Kier molecular flexibility index (Phi) is 3.74. The zero-order valence-corrected chi connectivity index (χ0v) is 13.8. The maximum atomic E-state index is 10.7. The summed E-state index contributed by atoms with van der Waals surface area (Å²) in [4.78, 5) is 2.50. The average molecular weight is 311 g/mol. The van der Waals surface area contributed by atoms with Crippen LogP contribution in [-0.4, -0.2) is 39.0 Å². The van der Waals surface area contributed by atoms with Crippen molar-refractivity contribution in [3.05, 3.63) is 53.3 Å². The highest BCUT2D eigenvalue weighted by Gasteiger charge is 2.47. The van der Waals surface area contributed by atoms with Crippen LogP contribution in [0, 0.1) is 0 Å². The number of aryl methyl sites for hydroxylation is 1. The lowest BCUT2D eigenvalue weighted by molar-refractivity contribution is 0.0414. The third kappa shape index (κ3) is 2.50. The van der Waals surface area contributed by atoms with Crippen molar-refractivity contribution in [3.8, 4) is 0 Å². The second kappa shape index (κ2) is 5.77. The molecule has 2 heterocycles. The van der Waals surface area contributed by atoms with Gasteiger partial charge in [-0.3, -0.25) is 9.58 Å². The van der Waals surface area contributed by atoms with Crippen LogP contribution in [-0.2, 0) is 24.9 Å². The standard InChI is InChI=1S/C19H25N3O/c1-2-22-14-15(12-20-22)13-21-9-7-19(8-10-21)17-6-4-3-5-16(17)11-18(19)23/h3-6,12,14,18,23H,2,7-11,13H2,1H3/t18-/m1/s1. The van der Waals surface area contributed by atoms with Gasteiger partial charge in [0.15, 0.2) is 0 Å². The zero-order chi connectivity index (χ0) is 15.9. The molecule has 1 N–H and O–H groups in total. The zero-order valence-electron chi connectivity index (χ0n) is 13.8. The van der Waals surface area contributed by atoms with Crippen molar-refractivity contribution in [2.75, 3.05) is 13.1 Å². The Morgan fingerprint density at radius 3 is 2.78 bits per heavy atom. The molecule has 0 saturated carbocycles. The Balaban J connectivity index is 1.46. The number of likely N-dealkylation sites (tertiary alicyclic amines) is 1. The number of nitrogens with zero attached hydrogens (tertiary/aromatic N) is 3. The van der Waals surface area contributed by atoms with Crippen molar-refractivity contribution >= 4 is 0 Å². The van der Waals surface area contributed by atoms with E-state index in [0.717, 1.165) is 45.4 Å². The first-order chi connectivity index (χ1) is 11.2. The van der Waals surface area contributed by atoms with Crippen LogP contribution in [0.1, 0.15) is 36.5 Å². The van der Waals surface area contributed by atoms with Crippen LogP contribution < -0.4 is 0 Å². The molecule has 1 aliphatic carbocycles. The van der Waals surface area contributed by atoms with E-state index in [4.69, 9.17) is 0 Å². The number of fused-ring (bicyclic) bond motifs is 2. The number of aliphatic hydroxyl groups excluding tert-OH is 1. The minimum atomic E-state index is -0.218. The summed E-state index contributed by atoms with van der Waals surface area (Å²) in [7, 11) is 0. The van der Waals surface area contributed by atoms with Gasteiger partial charge in [-0.1, -0.05) is 24.3 Å². The van der Waals surface area contributed by atoms with E-state index in [-0.39, 0.29) is 11.5 Å². The molecule has 1 atom stereocenters. The van der Waals surface area contributed by atoms with Gasteiger partial charge in [0.1, 0.15) is 0 Å². The summed E-state index contributed by atoms with van der Waals surface area (Å²) in [5.74, 6) is 0. The van der Waals surface area contributed by atoms with Gasteiger partial charge >= 0.3 is 0 Å². The molecule has 4 nitrogen and oxygen atoms in total. The van der Waals surface area contributed by atoms with Crippen LogP contribution in [0.15, 0.2) is 36.7 Å². The number of aromatic nitrogens is 2. The van der Waals surface area contributed by atoms with Gasteiger partial charge in [0.05, 0.1) is 12.3 Å². The van der Waals surface area contributed by atoms with Crippen molar-refractivity contribution < 1.29 is 5.11 Å². The summed E-state index contributed by atoms with van der Waals surface area (Å²) in [5.41, 5.74) is 4.01. The maximum Gasteiger partial charge on any atom is 0.0678 e. The summed E-state index contributed by atoms with van der Waals surface area (Å²) in [6, 6.07) is 8.61. The van der Waals surface area contributed by atoms with E-state index in [1.54, 1.807) is 0 Å². The molecule has 4 heteroatoms. The SMILES string of the molecule is CCn1cc(CN2CCC3(CC2)c2ccccc2C[C@H]3O)cn1. The normalized spacial score (nSPS) is 23.3. The lowest BCUT2D eigenvalue weighted by atomic mass is 9.72. The van der Waals surface area contributed by atoms with Gasteiger partial charge in [0.2, 0.25) is 0 Å². The molecule has 0 unspecified atom stereocenters. The Labute approximate surface area is 137 Å². The monoisotopic (exact) mass is 311 g/mol. The Morgan fingerprint density at radius 2 is 2.04 bits per heavy atom. The first-order valence-corrected chi connectivity index (χ1v) is 8.71. The second-order valence-corrected chi connectivity index (χ2v) is 7.01. The first-order valence-electron chi connectivity index (χ1n) is 8.71. The number of hydrogen-bond donors (Lipinski definition) is 1. The molecule has 1 saturated heterocycles. The second-order valence-electron chi connectivity index (χ2n) is 7.01. The number of aliphatic hydroxyl groups is 1. The third-order valence-electron chi connectivity index (χ3n) is 5.77. The van der Waals surface area contributed by atoms with Crippen LogP contribution in [0.2, 0.25) is 0 Å². The predicted octanol–water partition coefficient (Wildman–Crippen LogP) is 2.35. The molecule has 0 radical (unpaired) electrons. The van der Waals surface area contributed by atoms with Crippen molar-refractivity contribution in [2.45, 2.75) is 50.8 Å². The molecule has 2 aromatic rings. The topological polar surface area (TPSA) is 41.3 Å². The van der Waals surface area contributed by atoms with Gasteiger partial charge in [-0.15, -0.1) is 0 Å². The van der Waals surface area contributed by atoms with E-state index in [1.807, 2.05) is 10.9 Å². The van der Waals surface area contributed by atoms with Gasteiger partial charge in [0.25, 0.3) is 0 Å². The Morgan fingerprint density at radius 1 is 1.26 bits per heavy atom. The third-order valence-corrected chi connectivity index (χ3v) is 5.77. The number of rotatable bonds is 3. The van der Waals surface area contributed by atoms with Gasteiger partial charge < -0.3 is 5.11 Å². The van der Waals surface area contributed by atoms with Crippen molar-refractivity contribution in [3.63, 3.8) is 0 Å². The molecule has 4 rings (SSSR count). The predicted molar refractivity (Wildman–Crippen MR) is 90.2 cm³/mol. The molecular weight excluding hydrogens is 286 g/mol. The summed E-state index contributed by atoms with van der Waals surface area (Å²) < 4.78 is 1.98. The summed E-state index contributed by atoms with van der Waals surface area (Å²) in [6.07, 6.45) is 6.82. The maximum absolute atomic E-state index is 10.7.